The van der Waals surface area contributed by atoms with E-state index in [1.807, 2.05) is 4.90 Å². The number of nitrogens with zero attached hydrogens (tertiary/aromatic N) is 1. The quantitative estimate of drug-likeness (QED) is 0.769. The number of amides is 1. The summed E-state index contributed by atoms with van der Waals surface area (Å²) in [5.41, 5.74) is 0.485. The molecule has 4 heteroatoms. The van der Waals surface area contributed by atoms with Gasteiger partial charge in [0.2, 0.25) is 5.91 Å². The zero-order valence-corrected chi connectivity index (χ0v) is 11.1. The lowest BCUT2D eigenvalue weighted by atomic mass is 10.1. The predicted octanol–water partition coefficient (Wildman–Crippen LogP) is 2.75. The van der Waals surface area contributed by atoms with Gasteiger partial charge in [-0.2, -0.15) is 0 Å². The summed E-state index contributed by atoms with van der Waals surface area (Å²) in [6, 6.07) is 6.47. The van der Waals surface area contributed by atoms with Crippen LogP contribution >= 0.6 is 15.9 Å². The normalized spacial score (nSPS) is 17.2. The van der Waals surface area contributed by atoms with Crippen molar-refractivity contribution in [3.63, 3.8) is 0 Å². The first-order valence-corrected chi connectivity index (χ1v) is 6.73. The molecule has 0 atom stereocenters. The highest BCUT2D eigenvalue weighted by molar-refractivity contribution is 9.09. The van der Waals surface area contributed by atoms with E-state index in [9.17, 15) is 9.18 Å². The van der Waals surface area contributed by atoms with Crippen LogP contribution in [0.4, 0.5) is 4.39 Å². The smallest absolute Gasteiger partial charge is 0.227 e. The van der Waals surface area contributed by atoms with Crippen LogP contribution in [-0.2, 0) is 11.2 Å². The SMILES string of the molecule is O=C(Cc1ccccc1F)N1CCC(Br)CC1. The number of benzene rings is 1. The van der Waals surface area contributed by atoms with Crippen molar-refractivity contribution < 1.29 is 9.18 Å². The molecule has 0 aromatic heterocycles. The molecule has 0 N–H and O–H groups in total. The van der Waals surface area contributed by atoms with Gasteiger partial charge in [0, 0.05) is 17.9 Å². The highest BCUT2D eigenvalue weighted by Crippen LogP contribution is 2.18. The molecule has 0 spiro atoms. The maximum Gasteiger partial charge on any atom is 0.227 e. The Morgan fingerprint density at radius 1 is 1.35 bits per heavy atom. The third-order valence-electron chi connectivity index (χ3n) is 3.08. The lowest BCUT2D eigenvalue weighted by Crippen LogP contribution is -2.39. The highest BCUT2D eigenvalue weighted by Gasteiger charge is 2.21. The Bertz CT molecular complexity index is 402. The second-order valence-corrected chi connectivity index (χ2v) is 5.62. The number of halogens is 2. The van der Waals surface area contributed by atoms with E-state index in [0.29, 0.717) is 10.4 Å². The molecule has 0 saturated carbocycles. The van der Waals surface area contributed by atoms with Gasteiger partial charge in [0.15, 0.2) is 0 Å². The zero-order valence-electron chi connectivity index (χ0n) is 9.53. The fourth-order valence-corrected chi connectivity index (χ4v) is 2.42. The van der Waals surface area contributed by atoms with Crippen LogP contribution in [0, 0.1) is 5.82 Å². The van der Waals surface area contributed by atoms with Gasteiger partial charge in [0.1, 0.15) is 5.82 Å². The van der Waals surface area contributed by atoms with E-state index in [2.05, 4.69) is 15.9 Å². The van der Waals surface area contributed by atoms with Crippen LogP contribution in [0.25, 0.3) is 0 Å². The van der Waals surface area contributed by atoms with Gasteiger partial charge in [0.05, 0.1) is 6.42 Å². The summed E-state index contributed by atoms with van der Waals surface area (Å²) in [7, 11) is 0. The number of alkyl halides is 1. The van der Waals surface area contributed by atoms with E-state index >= 15 is 0 Å². The van der Waals surface area contributed by atoms with Crippen molar-refractivity contribution in [3.8, 4) is 0 Å². The van der Waals surface area contributed by atoms with Crippen LogP contribution < -0.4 is 0 Å². The second kappa shape index (κ2) is 5.63. The third-order valence-corrected chi connectivity index (χ3v) is 3.99. The fourth-order valence-electron chi connectivity index (χ4n) is 2.01. The Kier molecular flexibility index (Phi) is 4.15. The fraction of sp³-hybridized carbons (Fsp3) is 0.462. The van der Waals surface area contributed by atoms with Crippen molar-refractivity contribution in [1.29, 1.82) is 0 Å². The summed E-state index contributed by atoms with van der Waals surface area (Å²) in [5.74, 6) is -0.272. The first kappa shape index (κ1) is 12.6. The highest BCUT2D eigenvalue weighted by atomic mass is 79.9. The van der Waals surface area contributed by atoms with Crippen LogP contribution in [-0.4, -0.2) is 28.7 Å². The molecule has 0 unspecified atom stereocenters. The molecule has 0 bridgehead atoms. The van der Waals surface area contributed by atoms with Gasteiger partial charge in [0.25, 0.3) is 0 Å². The van der Waals surface area contributed by atoms with Crippen molar-refractivity contribution in [2.24, 2.45) is 0 Å². The Balaban J connectivity index is 1.95. The Morgan fingerprint density at radius 3 is 2.65 bits per heavy atom. The standard InChI is InChI=1S/C13H15BrFNO/c14-11-5-7-16(8-6-11)13(17)9-10-3-1-2-4-12(10)15/h1-4,11H,5-9H2. The van der Waals surface area contributed by atoms with Crippen molar-refractivity contribution in [3.05, 3.63) is 35.6 Å². The molecule has 17 heavy (non-hydrogen) atoms. The first-order chi connectivity index (χ1) is 8.16. The van der Waals surface area contributed by atoms with Gasteiger partial charge < -0.3 is 4.90 Å². The minimum Gasteiger partial charge on any atom is -0.342 e. The molecule has 1 saturated heterocycles. The van der Waals surface area contributed by atoms with Crippen LogP contribution in [0.2, 0.25) is 0 Å². The van der Waals surface area contributed by atoms with E-state index in [1.54, 1.807) is 18.2 Å². The van der Waals surface area contributed by atoms with E-state index < -0.39 is 0 Å². The summed E-state index contributed by atoms with van der Waals surface area (Å²) in [6.45, 7) is 1.53. The third kappa shape index (κ3) is 3.28. The van der Waals surface area contributed by atoms with Crippen LogP contribution in [0.5, 0.6) is 0 Å². The average Bonchev–Trinajstić information content (AvgIpc) is 2.33. The number of hydrogen-bond acceptors (Lipinski definition) is 1. The summed E-state index contributed by atoms with van der Waals surface area (Å²) < 4.78 is 13.4. The van der Waals surface area contributed by atoms with Crippen molar-refractivity contribution >= 4 is 21.8 Å². The lowest BCUT2D eigenvalue weighted by Gasteiger charge is -2.29. The number of likely N-dealkylation sites (tertiary alicyclic amines) is 1. The van der Waals surface area contributed by atoms with Crippen LogP contribution in [0.15, 0.2) is 24.3 Å². The van der Waals surface area contributed by atoms with Gasteiger partial charge in [-0.15, -0.1) is 0 Å². The van der Waals surface area contributed by atoms with Gasteiger partial charge in [-0.05, 0) is 24.5 Å². The largest absolute Gasteiger partial charge is 0.342 e. The van der Waals surface area contributed by atoms with E-state index in [-0.39, 0.29) is 18.1 Å². The second-order valence-electron chi connectivity index (χ2n) is 4.32. The van der Waals surface area contributed by atoms with Crippen molar-refractivity contribution in [2.45, 2.75) is 24.1 Å². The molecule has 1 aromatic rings. The average molecular weight is 300 g/mol. The molecule has 2 nitrogen and oxygen atoms in total. The summed E-state index contributed by atoms with van der Waals surface area (Å²) in [5, 5.41) is 0. The number of hydrogen-bond donors (Lipinski definition) is 0. The Labute approximate surface area is 109 Å². The number of carbonyl (C=O) groups excluding carboxylic acids is 1. The molecule has 92 valence electrons. The first-order valence-electron chi connectivity index (χ1n) is 5.82. The van der Waals surface area contributed by atoms with E-state index in [1.165, 1.54) is 6.07 Å². The molecular formula is C13H15BrFNO. The van der Waals surface area contributed by atoms with Gasteiger partial charge >= 0.3 is 0 Å². The van der Waals surface area contributed by atoms with Crippen LogP contribution in [0.3, 0.4) is 0 Å². The van der Waals surface area contributed by atoms with E-state index in [0.717, 1.165) is 25.9 Å². The molecule has 1 amide bonds. The maximum atomic E-state index is 13.4. The van der Waals surface area contributed by atoms with Gasteiger partial charge in [-0.25, -0.2) is 4.39 Å². The number of rotatable bonds is 2. The molecule has 1 aliphatic heterocycles. The van der Waals surface area contributed by atoms with Gasteiger partial charge in [-0.1, -0.05) is 34.1 Å². The molecule has 2 rings (SSSR count). The molecule has 1 aromatic carbocycles. The van der Waals surface area contributed by atoms with Crippen LogP contribution in [0.1, 0.15) is 18.4 Å². The van der Waals surface area contributed by atoms with Crippen molar-refractivity contribution in [2.75, 3.05) is 13.1 Å². The predicted molar refractivity (Wildman–Crippen MR) is 68.6 cm³/mol. The van der Waals surface area contributed by atoms with Gasteiger partial charge in [-0.3, -0.25) is 4.79 Å². The maximum absolute atomic E-state index is 13.4. The summed E-state index contributed by atoms with van der Waals surface area (Å²) >= 11 is 3.55. The zero-order chi connectivity index (χ0) is 12.3. The Morgan fingerprint density at radius 2 is 2.00 bits per heavy atom. The minimum atomic E-state index is -0.295. The number of piperidine rings is 1. The summed E-state index contributed by atoms with van der Waals surface area (Å²) in [4.78, 5) is 14.3. The summed E-state index contributed by atoms with van der Waals surface area (Å²) in [6.07, 6.45) is 2.12. The minimum absolute atomic E-state index is 0.0227. The Hall–Kier alpha value is -0.900. The molecule has 1 heterocycles. The molecule has 0 aliphatic carbocycles. The molecule has 0 radical (unpaired) electrons. The number of carbonyl (C=O) groups is 1. The van der Waals surface area contributed by atoms with E-state index in [4.69, 9.17) is 0 Å². The topological polar surface area (TPSA) is 20.3 Å². The monoisotopic (exact) mass is 299 g/mol. The lowest BCUT2D eigenvalue weighted by molar-refractivity contribution is -0.131. The van der Waals surface area contributed by atoms with Crippen molar-refractivity contribution in [1.82, 2.24) is 4.90 Å². The molecular weight excluding hydrogens is 285 g/mol. The molecule has 1 fully saturated rings. The molecule has 1 aliphatic rings.